The van der Waals surface area contributed by atoms with Crippen LogP contribution in [0.15, 0.2) is 47.1 Å². The number of carbonyl (C=O) groups excluding carboxylic acids is 1. The molecule has 1 amide bonds. The van der Waals surface area contributed by atoms with Crippen LogP contribution in [-0.4, -0.2) is 10.9 Å². The Labute approximate surface area is 133 Å². The molecule has 2 rings (SSSR count). The van der Waals surface area contributed by atoms with Gasteiger partial charge in [-0.15, -0.1) is 0 Å². The van der Waals surface area contributed by atoms with Crippen molar-refractivity contribution in [2.45, 2.75) is 19.1 Å². The Balaban J connectivity index is 2.07. The summed E-state index contributed by atoms with van der Waals surface area (Å²) in [6, 6.07) is 9.01. The summed E-state index contributed by atoms with van der Waals surface area (Å²) in [7, 11) is 0. The average Bonchev–Trinajstić information content (AvgIpc) is 2.47. The molecule has 0 radical (unpaired) electrons. The third-order valence-electron chi connectivity index (χ3n) is 3.03. The van der Waals surface area contributed by atoms with Gasteiger partial charge in [-0.3, -0.25) is 9.78 Å². The average molecular weight is 373 g/mol. The summed E-state index contributed by atoms with van der Waals surface area (Å²) in [4.78, 5) is 15.3. The van der Waals surface area contributed by atoms with E-state index in [0.717, 1.165) is 28.4 Å². The van der Waals surface area contributed by atoms with Gasteiger partial charge in [0.2, 0.25) is 0 Å². The number of hydrogen-bond donors (Lipinski definition) is 1. The van der Waals surface area contributed by atoms with Crippen molar-refractivity contribution < 1.29 is 18.0 Å². The number of amides is 1. The summed E-state index contributed by atoms with van der Waals surface area (Å²) in [5.74, 6) is -0.475. The van der Waals surface area contributed by atoms with Gasteiger partial charge in [-0.25, -0.2) is 0 Å². The van der Waals surface area contributed by atoms with E-state index in [-0.39, 0.29) is 11.6 Å². The number of benzene rings is 1. The second-order valence-corrected chi connectivity index (χ2v) is 5.59. The molecular formula is C15H12BrF3N2O. The largest absolute Gasteiger partial charge is 0.433 e. The van der Waals surface area contributed by atoms with Gasteiger partial charge < -0.3 is 5.32 Å². The first-order valence-electron chi connectivity index (χ1n) is 6.37. The number of pyridine rings is 1. The molecule has 0 bridgehead atoms. The summed E-state index contributed by atoms with van der Waals surface area (Å²) < 4.78 is 38.2. The molecule has 2 aromatic rings. The Morgan fingerprint density at radius 1 is 1.18 bits per heavy atom. The highest BCUT2D eigenvalue weighted by atomic mass is 79.9. The molecule has 3 nitrogen and oxygen atoms in total. The van der Waals surface area contributed by atoms with Gasteiger partial charge in [0.1, 0.15) is 5.69 Å². The second kappa shape index (κ2) is 6.48. The Morgan fingerprint density at radius 2 is 1.82 bits per heavy atom. The molecule has 0 aliphatic rings. The zero-order valence-electron chi connectivity index (χ0n) is 11.5. The van der Waals surface area contributed by atoms with Gasteiger partial charge in [-0.05, 0) is 36.8 Å². The lowest BCUT2D eigenvalue weighted by molar-refractivity contribution is -0.141. The number of carbonyl (C=O) groups is 1. The van der Waals surface area contributed by atoms with Crippen molar-refractivity contribution in [3.8, 4) is 0 Å². The first kappa shape index (κ1) is 16.5. The summed E-state index contributed by atoms with van der Waals surface area (Å²) in [5.41, 5.74) is -0.0570. The fraction of sp³-hybridized carbons (Fsp3) is 0.200. The van der Waals surface area contributed by atoms with E-state index in [1.165, 1.54) is 0 Å². The van der Waals surface area contributed by atoms with E-state index in [1.807, 2.05) is 24.3 Å². The minimum absolute atomic E-state index is 0.0805. The molecule has 1 N–H and O–H groups in total. The molecule has 1 atom stereocenters. The minimum atomic E-state index is -4.51. The normalized spacial score (nSPS) is 12.8. The Hall–Kier alpha value is -1.89. The van der Waals surface area contributed by atoms with E-state index >= 15 is 0 Å². The lowest BCUT2D eigenvalue weighted by Gasteiger charge is -2.14. The molecule has 1 heterocycles. The van der Waals surface area contributed by atoms with Gasteiger partial charge in [-0.2, -0.15) is 13.2 Å². The topological polar surface area (TPSA) is 42.0 Å². The highest BCUT2D eigenvalue weighted by Crippen LogP contribution is 2.27. The Kier molecular flexibility index (Phi) is 4.85. The van der Waals surface area contributed by atoms with Crippen molar-refractivity contribution in [1.29, 1.82) is 0 Å². The SMILES string of the molecule is CC(NC(=O)c1ccc(C(F)(F)F)nc1)c1ccc(Br)cc1. The summed E-state index contributed by atoms with van der Waals surface area (Å²) in [5, 5.41) is 2.71. The molecule has 0 aliphatic heterocycles. The first-order chi connectivity index (χ1) is 10.3. The minimum Gasteiger partial charge on any atom is -0.345 e. The van der Waals surface area contributed by atoms with Gasteiger partial charge in [0, 0.05) is 10.7 Å². The third kappa shape index (κ3) is 4.07. The first-order valence-corrected chi connectivity index (χ1v) is 7.16. The number of hydrogen-bond acceptors (Lipinski definition) is 2. The van der Waals surface area contributed by atoms with E-state index in [2.05, 4.69) is 26.2 Å². The number of rotatable bonds is 3. The highest BCUT2D eigenvalue weighted by Gasteiger charge is 2.32. The molecule has 0 saturated carbocycles. The molecule has 0 saturated heterocycles. The van der Waals surface area contributed by atoms with E-state index in [0.29, 0.717) is 0 Å². The zero-order chi connectivity index (χ0) is 16.3. The molecule has 22 heavy (non-hydrogen) atoms. The maximum atomic E-state index is 12.4. The van der Waals surface area contributed by atoms with Gasteiger partial charge in [0.05, 0.1) is 11.6 Å². The molecule has 1 aromatic carbocycles. The van der Waals surface area contributed by atoms with E-state index in [1.54, 1.807) is 6.92 Å². The van der Waals surface area contributed by atoms with Crippen molar-refractivity contribution in [1.82, 2.24) is 10.3 Å². The van der Waals surface area contributed by atoms with Gasteiger partial charge in [-0.1, -0.05) is 28.1 Å². The lowest BCUT2D eigenvalue weighted by Crippen LogP contribution is -2.26. The Bertz CT molecular complexity index is 654. The smallest absolute Gasteiger partial charge is 0.345 e. The molecular weight excluding hydrogens is 361 g/mol. The number of aromatic nitrogens is 1. The van der Waals surface area contributed by atoms with Crippen LogP contribution in [0.5, 0.6) is 0 Å². The van der Waals surface area contributed by atoms with Crippen LogP contribution in [0.4, 0.5) is 13.2 Å². The van der Waals surface area contributed by atoms with Crippen LogP contribution >= 0.6 is 15.9 Å². The second-order valence-electron chi connectivity index (χ2n) is 4.68. The molecule has 116 valence electrons. The highest BCUT2D eigenvalue weighted by molar-refractivity contribution is 9.10. The van der Waals surface area contributed by atoms with Crippen molar-refractivity contribution >= 4 is 21.8 Å². The number of nitrogens with zero attached hydrogens (tertiary/aromatic N) is 1. The van der Waals surface area contributed by atoms with E-state index in [9.17, 15) is 18.0 Å². The van der Waals surface area contributed by atoms with Gasteiger partial charge in [0.25, 0.3) is 5.91 Å². The van der Waals surface area contributed by atoms with Crippen LogP contribution < -0.4 is 5.32 Å². The van der Waals surface area contributed by atoms with Crippen LogP contribution in [0.2, 0.25) is 0 Å². The molecule has 0 fully saturated rings. The van der Waals surface area contributed by atoms with Crippen molar-refractivity contribution in [3.63, 3.8) is 0 Å². The van der Waals surface area contributed by atoms with Gasteiger partial charge >= 0.3 is 6.18 Å². The van der Waals surface area contributed by atoms with Crippen molar-refractivity contribution in [2.75, 3.05) is 0 Å². The number of alkyl halides is 3. The molecule has 0 spiro atoms. The lowest BCUT2D eigenvalue weighted by atomic mass is 10.1. The maximum Gasteiger partial charge on any atom is 0.433 e. The zero-order valence-corrected chi connectivity index (χ0v) is 13.1. The van der Waals surface area contributed by atoms with Crippen LogP contribution in [0, 0.1) is 0 Å². The maximum absolute atomic E-state index is 12.4. The monoisotopic (exact) mass is 372 g/mol. The third-order valence-corrected chi connectivity index (χ3v) is 3.56. The fourth-order valence-electron chi connectivity index (χ4n) is 1.81. The standard InChI is InChI=1S/C15H12BrF3N2O/c1-9(10-2-5-12(16)6-3-10)21-14(22)11-4-7-13(20-8-11)15(17,18)19/h2-9H,1H3,(H,21,22). The van der Waals surface area contributed by atoms with Gasteiger partial charge in [0.15, 0.2) is 0 Å². The van der Waals surface area contributed by atoms with Crippen LogP contribution in [0.1, 0.15) is 34.6 Å². The van der Waals surface area contributed by atoms with Crippen molar-refractivity contribution in [3.05, 3.63) is 63.9 Å². The van der Waals surface area contributed by atoms with E-state index in [4.69, 9.17) is 0 Å². The summed E-state index contributed by atoms with van der Waals surface area (Å²) >= 11 is 3.32. The molecule has 0 aliphatic carbocycles. The molecule has 1 unspecified atom stereocenters. The Morgan fingerprint density at radius 3 is 2.32 bits per heavy atom. The van der Waals surface area contributed by atoms with E-state index < -0.39 is 17.8 Å². The summed E-state index contributed by atoms with van der Waals surface area (Å²) in [6.45, 7) is 1.79. The van der Waals surface area contributed by atoms with Crippen LogP contribution in [0.3, 0.4) is 0 Å². The fourth-order valence-corrected chi connectivity index (χ4v) is 2.07. The van der Waals surface area contributed by atoms with Crippen LogP contribution in [0.25, 0.3) is 0 Å². The summed E-state index contributed by atoms with van der Waals surface area (Å²) in [6.07, 6.45) is -3.59. The van der Waals surface area contributed by atoms with Crippen molar-refractivity contribution in [2.24, 2.45) is 0 Å². The predicted octanol–water partition coefficient (Wildman–Crippen LogP) is 4.35. The van der Waals surface area contributed by atoms with Crippen LogP contribution in [-0.2, 0) is 6.18 Å². The quantitative estimate of drug-likeness (QED) is 0.869. The number of nitrogens with one attached hydrogen (secondary N) is 1. The molecule has 7 heteroatoms. The number of halogens is 4. The predicted molar refractivity (Wildman–Crippen MR) is 79.3 cm³/mol. The molecule has 1 aromatic heterocycles.